The van der Waals surface area contributed by atoms with Gasteiger partial charge in [0, 0.05) is 25.2 Å². The first-order valence-electron chi connectivity index (χ1n) is 10.9. The van der Waals surface area contributed by atoms with E-state index in [1.807, 2.05) is 26.8 Å². The van der Waals surface area contributed by atoms with Gasteiger partial charge < -0.3 is 19.1 Å². The molecule has 1 fully saturated rings. The third kappa shape index (κ3) is 7.09. The molecule has 2 aromatic carbocycles. The summed E-state index contributed by atoms with van der Waals surface area (Å²) in [6, 6.07) is 11.4. The van der Waals surface area contributed by atoms with Crippen LogP contribution in [-0.2, 0) is 21.4 Å². The van der Waals surface area contributed by atoms with Crippen LogP contribution in [0.4, 0.5) is 4.79 Å². The molecular formula is C24H31ClN2O5S. The van der Waals surface area contributed by atoms with Crippen LogP contribution in [0.3, 0.4) is 0 Å². The molecule has 7 nitrogen and oxygen atoms in total. The van der Waals surface area contributed by atoms with Gasteiger partial charge in [0.15, 0.2) is 0 Å². The van der Waals surface area contributed by atoms with Crippen molar-refractivity contribution in [1.29, 1.82) is 0 Å². The lowest BCUT2D eigenvalue weighted by Gasteiger charge is -2.30. The fraction of sp³-hybridized carbons (Fsp3) is 0.458. The van der Waals surface area contributed by atoms with E-state index in [2.05, 4.69) is 5.32 Å². The summed E-state index contributed by atoms with van der Waals surface area (Å²) in [5.41, 5.74) is 0.846. The number of nitrogens with one attached hydrogen (secondary N) is 1. The summed E-state index contributed by atoms with van der Waals surface area (Å²) in [5.74, 6) is 0.153. The summed E-state index contributed by atoms with van der Waals surface area (Å²) in [6.07, 6.45) is 1.86. The number of urea groups is 1. The summed E-state index contributed by atoms with van der Waals surface area (Å²) < 4.78 is 36.9. The van der Waals surface area contributed by atoms with Gasteiger partial charge in [0.25, 0.3) is 0 Å². The van der Waals surface area contributed by atoms with Gasteiger partial charge in [-0.1, -0.05) is 35.9 Å². The maximum absolute atomic E-state index is 12.9. The quantitative estimate of drug-likeness (QED) is 0.553. The standard InChI is InChI=1S/C24H31ClN2O5S/c1-17-8-5-12-21(25)22(17)33(29,30)32-19-10-6-9-18(14-19)15-27(16-20-11-7-13-31-20)23(28)26-24(2,3)4/h5-6,8-10,12,14,20H,7,11,13,15-16H2,1-4H3,(H,26,28). The van der Waals surface area contributed by atoms with Crippen molar-refractivity contribution in [1.82, 2.24) is 10.2 Å². The Hall–Kier alpha value is -2.29. The van der Waals surface area contributed by atoms with E-state index in [0.717, 1.165) is 18.4 Å². The molecule has 0 saturated carbocycles. The van der Waals surface area contributed by atoms with Crippen molar-refractivity contribution in [2.24, 2.45) is 0 Å². The monoisotopic (exact) mass is 494 g/mol. The van der Waals surface area contributed by atoms with Crippen molar-refractivity contribution in [2.45, 2.75) is 63.6 Å². The van der Waals surface area contributed by atoms with Gasteiger partial charge in [-0.25, -0.2) is 4.79 Å². The molecule has 1 saturated heterocycles. The van der Waals surface area contributed by atoms with E-state index < -0.39 is 15.7 Å². The van der Waals surface area contributed by atoms with E-state index in [4.69, 9.17) is 20.5 Å². The lowest BCUT2D eigenvalue weighted by molar-refractivity contribution is 0.0782. The van der Waals surface area contributed by atoms with Gasteiger partial charge in [-0.15, -0.1) is 0 Å². The molecule has 1 atom stereocenters. The van der Waals surface area contributed by atoms with Crippen LogP contribution >= 0.6 is 11.6 Å². The Balaban J connectivity index is 1.80. The van der Waals surface area contributed by atoms with Crippen LogP contribution in [0.5, 0.6) is 5.75 Å². The number of aryl methyl sites for hydroxylation is 1. The first-order chi connectivity index (χ1) is 15.4. The second kappa shape index (κ2) is 10.3. The molecular weight excluding hydrogens is 464 g/mol. The predicted molar refractivity (Wildman–Crippen MR) is 128 cm³/mol. The molecule has 3 rings (SSSR count). The Morgan fingerprint density at radius 1 is 1.24 bits per heavy atom. The van der Waals surface area contributed by atoms with E-state index in [9.17, 15) is 13.2 Å². The zero-order chi connectivity index (χ0) is 24.2. The van der Waals surface area contributed by atoms with Gasteiger partial charge in [0.1, 0.15) is 10.6 Å². The van der Waals surface area contributed by atoms with Gasteiger partial charge in [0.05, 0.1) is 11.1 Å². The third-order valence-electron chi connectivity index (χ3n) is 5.11. The van der Waals surface area contributed by atoms with Crippen molar-refractivity contribution in [2.75, 3.05) is 13.2 Å². The molecule has 1 N–H and O–H groups in total. The number of hydrogen-bond donors (Lipinski definition) is 1. The predicted octanol–water partition coefficient (Wildman–Crippen LogP) is 4.91. The number of carbonyl (C=O) groups is 1. The van der Waals surface area contributed by atoms with Crippen molar-refractivity contribution < 1.29 is 22.1 Å². The van der Waals surface area contributed by atoms with E-state index in [-0.39, 0.29) is 34.3 Å². The second-order valence-corrected chi connectivity index (χ2v) is 11.2. The summed E-state index contributed by atoms with van der Waals surface area (Å²) in [5, 5.41) is 3.09. The van der Waals surface area contributed by atoms with Gasteiger partial charge in [-0.3, -0.25) is 0 Å². The van der Waals surface area contributed by atoms with E-state index >= 15 is 0 Å². The van der Waals surface area contributed by atoms with Crippen molar-refractivity contribution >= 4 is 27.8 Å². The largest absolute Gasteiger partial charge is 0.379 e. The Morgan fingerprint density at radius 2 is 1.97 bits per heavy atom. The minimum absolute atomic E-state index is 0.0151. The second-order valence-electron chi connectivity index (χ2n) is 9.27. The Morgan fingerprint density at radius 3 is 2.61 bits per heavy atom. The van der Waals surface area contributed by atoms with E-state index in [0.29, 0.717) is 18.7 Å². The molecule has 9 heteroatoms. The summed E-state index contributed by atoms with van der Waals surface area (Å²) in [4.78, 5) is 14.6. The highest BCUT2D eigenvalue weighted by atomic mass is 35.5. The summed E-state index contributed by atoms with van der Waals surface area (Å²) in [6.45, 7) is 8.85. The minimum Gasteiger partial charge on any atom is -0.379 e. The number of nitrogens with zero attached hydrogens (tertiary/aromatic N) is 1. The Bertz CT molecular complexity index is 1070. The van der Waals surface area contributed by atoms with Crippen LogP contribution in [0.1, 0.15) is 44.7 Å². The molecule has 180 valence electrons. The van der Waals surface area contributed by atoms with Crippen LogP contribution < -0.4 is 9.50 Å². The number of benzene rings is 2. The molecule has 2 aromatic rings. The van der Waals surface area contributed by atoms with Crippen LogP contribution in [-0.4, -0.2) is 44.1 Å². The number of carbonyl (C=O) groups excluding carboxylic acids is 1. The molecule has 1 heterocycles. The van der Waals surface area contributed by atoms with Gasteiger partial charge in [0.2, 0.25) is 0 Å². The maximum atomic E-state index is 12.9. The molecule has 0 aliphatic carbocycles. The van der Waals surface area contributed by atoms with Gasteiger partial charge in [-0.2, -0.15) is 8.42 Å². The van der Waals surface area contributed by atoms with Crippen molar-refractivity contribution in [3.8, 4) is 5.75 Å². The molecule has 0 bridgehead atoms. The fourth-order valence-corrected chi connectivity index (χ4v) is 5.39. The lowest BCUT2D eigenvalue weighted by atomic mass is 10.1. The van der Waals surface area contributed by atoms with Crippen molar-refractivity contribution in [3.63, 3.8) is 0 Å². The third-order valence-corrected chi connectivity index (χ3v) is 6.99. The molecule has 0 spiro atoms. The first-order valence-corrected chi connectivity index (χ1v) is 12.7. The topological polar surface area (TPSA) is 84.9 Å². The highest BCUT2D eigenvalue weighted by molar-refractivity contribution is 7.87. The van der Waals surface area contributed by atoms with Crippen LogP contribution in [0.2, 0.25) is 5.02 Å². The lowest BCUT2D eigenvalue weighted by Crippen LogP contribution is -2.50. The average Bonchev–Trinajstić information content (AvgIpc) is 3.19. The molecule has 1 aliphatic heterocycles. The van der Waals surface area contributed by atoms with E-state index in [1.165, 1.54) is 6.07 Å². The molecule has 1 aliphatic rings. The van der Waals surface area contributed by atoms with E-state index in [1.54, 1.807) is 42.2 Å². The number of ether oxygens (including phenoxy) is 1. The summed E-state index contributed by atoms with van der Waals surface area (Å²) >= 11 is 6.13. The minimum atomic E-state index is -4.12. The smallest absolute Gasteiger partial charge is 0.340 e. The van der Waals surface area contributed by atoms with Crippen molar-refractivity contribution in [3.05, 3.63) is 58.6 Å². The number of hydrogen-bond acceptors (Lipinski definition) is 5. The number of amides is 2. The molecule has 0 aromatic heterocycles. The first kappa shape index (κ1) is 25.3. The molecule has 33 heavy (non-hydrogen) atoms. The molecule has 0 radical (unpaired) electrons. The van der Waals surface area contributed by atoms with Crippen LogP contribution in [0, 0.1) is 6.92 Å². The zero-order valence-corrected chi connectivity index (χ0v) is 21.0. The Kier molecular flexibility index (Phi) is 7.92. The summed E-state index contributed by atoms with van der Waals surface area (Å²) in [7, 11) is -4.12. The number of halogens is 1. The normalized spacial score (nSPS) is 16.5. The van der Waals surface area contributed by atoms with Gasteiger partial charge in [-0.05, 0) is 69.9 Å². The molecule has 2 amide bonds. The maximum Gasteiger partial charge on any atom is 0.340 e. The zero-order valence-electron chi connectivity index (χ0n) is 19.4. The highest BCUT2D eigenvalue weighted by Gasteiger charge is 2.26. The highest BCUT2D eigenvalue weighted by Crippen LogP contribution is 2.28. The average molecular weight is 495 g/mol. The number of rotatable bonds is 7. The van der Waals surface area contributed by atoms with Crippen LogP contribution in [0.15, 0.2) is 47.4 Å². The Labute approximate surface area is 201 Å². The SMILES string of the molecule is Cc1cccc(Cl)c1S(=O)(=O)Oc1cccc(CN(CC2CCCO2)C(=O)NC(C)(C)C)c1. The molecule has 1 unspecified atom stereocenters. The van der Waals surface area contributed by atoms with Gasteiger partial charge >= 0.3 is 16.1 Å². The van der Waals surface area contributed by atoms with Crippen LogP contribution in [0.25, 0.3) is 0 Å². The fourth-order valence-electron chi connectivity index (χ4n) is 3.67.